The third-order valence-electron chi connectivity index (χ3n) is 5.84. The zero-order valence-electron chi connectivity index (χ0n) is 22.1. The number of benzene rings is 1. The molecular formula is C25H32N5O9+. The van der Waals surface area contributed by atoms with Crippen LogP contribution in [0.4, 0.5) is 15.3 Å². The van der Waals surface area contributed by atoms with E-state index in [2.05, 4.69) is 15.4 Å². The highest BCUT2D eigenvalue weighted by Crippen LogP contribution is 2.29. The van der Waals surface area contributed by atoms with E-state index < -0.39 is 47.8 Å². The van der Waals surface area contributed by atoms with Gasteiger partial charge in [-0.2, -0.15) is 15.4 Å². The van der Waals surface area contributed by atoms with Gasteiger partial charge in [-0.25, -0.2) is 9.59 Å². The molecule has 2 heterocycles. The number of nitro benzene ring substituents is 1. The van der Waals surface area contributed by atoms with E-state index in [0.29, 0.717) is 19.4 Å². The lowest BCUT2D eigenvalue weighted by atomic mass is 10.0. The number of nitriles is 1. The second-order valence-electron chi connectivity index (χ2n) is 8.58. The summed E-state index contributed by atoms with van der Waals surface area (Å²) in [5, 5.41) is 33.6. The van der Waals surface area contributed by atoms with Crippen LogP contribution in [-0.2, 0) is 25.4 Å². The highest BCUT2D eigenvalue weighted by atomic mass is 16.6. The van der Waals surface area contributed by atoms with Crippen LogP contribution < -0.4 is 10.6 Å². The van der Waals surface area contributed by atoms with E-state index in [1.165, 1.54) is 26.1 Å². The second kappa shape index (κ2) is 14.6. The van der Waals surface area contributed by atoms with Crippen LogP contribution in [0, 0.1) is 21.4 Å². The molecule has 4 amide bonds. The molecule has 1 saturated heterocycles. The zero-order chi connectivity index (χ0) is 29.1. The summed E-state index contributed by atoms with van der Waals surface area (Å²) in [7, 11) is 1.58. The predicted molar refractivity (Wildman–Crippen MR) is 136 cm³/mol. The van der Waals surface area contributed by atoms with E-state index in [9.17, 15) is 29.6 Å². The number of nitrogens with one attached hydrogen (secondary N) is 2. The monoisotopic (exact) mass is 546 g/mol. The third-order valence-corrected chi connectivity index (χ3v) is 5.84. The minimum absolute atomic E-state index is 0.0472. The van der Waals surface area contributed by atoms with Gasteiger partial charge >= 0.3 is 18.0 Å². The number of nitrogens with zero attached hydrogens (tertiary/aromatic N) is 3. The van der Waals surface area contributed by atoms with E-state index in [4.69, 9.17) is 14.7 Å². The number of amides is 4. The van der Waals surface area contributed by atoms with Crippen molar-refractivity contribution in [3.05, 3.63) is 51.2 Å². The molecular weight excluding hydrogens is 514 g/mol. The normalized spacial score (nSPS) is 20.9. The molecule has 0 radical (unpaired) electrons. The van der Waals surface area contributed by atoms with Crippen molar-refractivity contribution in [3.8, 4) is 6.07 Å². The number of carbonyl (C=O) groups is 3. The Morgan fingerprint density at radius 1 is 1.44 bits per heavy atom. The van der Waals surface area contributed by atoms with Gasteiger partial charge in [0.2, 0.25) is 0 Å². The van der Waals surface area contributed by atoms with Gasteiger partial charge in [0.1, 0.15) is 18.4 Å². The number of imide groups is 1. The molecule has 0 spiro atoms. The molecule has 0 bridgehead atoms. The van der Waals surface area contributed by atoms with E-state index in [-0.39, 0.29) is 29.1 Å². The number of urea groups is 1. The Balaban J connectivity index is 0.000000798. The van der Waals surface area contributed by atoms with Crippen LogP contribution in [-0.4, -0.2) is 71.0 Å². The van der Waals surface area contributed by atoms with Gasteiger partial charge in [0.25, 0.3) is 11.6 Å². The number of nitro groups is 1. The van der Waals surface area contributed by atoms with E-state index in [0.717, 1.165) is 10.1 Å². The summed E-state index contributed by atoms with van der Waals surface area (Å²) in [6.07, 6.45) is -0.129. The molecule has 1 aromatic carbocycles. The standard InChI is InChI=1S/C21H24N4O8.C4H7NO/c1-4-13-5-6-16(25(30)31)14(7-13)12(3)32-21(29)22-15-8-18(33-17(15)10-26)24-9-11(2)19(27)23-20(24)28;1-6-4-2-3-5/h5-7,9,12,15,17,26H,4,8,10H2,1-3H3,(H-,22,23,27,28,29);2,4H2,1H3/p+1/t12?,15-,17-;/m1./s1. The van der Waals surface area contributed by atoms with Crippen LogP contribution >= 0.6 is 0 Å². The molecule has 39 heavy (non-hydrogen) atoms. The van der Waals surface area contributed by atoms with Crippen LogP contribution in [0.2, 0.25) is 0 Å². The van der Waals surface area contributed by atoms with E-state index in [1.807, 2.05) is 13.0 Å². The van der Waals surface area contributed by atoms with Gasteiger partial charge < -0.3 is 24.6 Å². The van der Waals surface area contributed by atoms with Crippen molar-refractivity contribution < 1.29 is 43.2 Å². The summed E-state index contributed by atoms with van der Waals surface area (Å²) in [4.78, 5) is 47.1. The maximum atomic E-state index is 12.5. The molecule has 14 nitrogen and oxygen atoms in total. The molecule has 0 saturated carbocycles. The number of rotatable bonds is 8. The van der Waals surface area contributed by atoms with Gasteiger partial charge in [-0.15, -0.1) is 4.58 Å². The van der Waals surface area contributed by atoms with Crippen LogP contribution in [0.1, 0.15) is 50.8 Å². The fourth-order valence-corrected chi connectivity index (χ4v) is 3.71. The smallest absolute Gasteiger partial charge is 0.457 e. The number of aryl methyl sites for hydroxylation is 1. The van der Waals surface area contributed by atoms with Crippen LogP contribution in [0.25, 0.3) is 0 Å². The molecule has 1 aromatic rings. The van der Waals surface area contributed by atoms with Crippen molar-refractivity contribution in [2.45, 2.75) is 58.3 Å². The minimum Gasteiger partial charge on any atom is -0.457 e. The first-order valence-corrected chi connectivity index (χ1v) is 12.1. The first-order valence-electron chi connectivity index (χ1n) is 12.1. The molecule has 3 atom stereocenters. The first kappa shape index (κ1) is 30.9. The average Bonchev–Trinajstić information content (AvgIpc) is 3.31. The van der Waals surface area contributed by atoms with Gasteiger partial charge in [-0.3, -0.25) is 10.1 Å². The molecule has 1 unspecified atom stereocenters. The molecule has 14 heteroatoms. The lowest BCUT2D eigenvalue weighted by molar-refractivity contribution is -0.386. The average molecular weight is 547 g/mol. The number of alkyl carbamates (subject to hydrolysis) is 1. The Bertz CT molecular complexity index is 1200. The van der Waals surface area contributed by atoms with Gasteiger partial charge in [-0.05, 0) is 31.9 Å². The lowest BCUT2D eigenvalue weighted by Crippen LogP contribution is -2.43. The highest BCUT2D eigenvalue weighted by molar-refractivity contribution is 6.04. The van der Waals surface area contributed by atoms with E-state index >= 15 is 0 Å². The fourth-order valence-electron chi connectivity index (χ4n) is 3.71. The summed E-state index contributed by atoms with van der Waals surface area (Å²) in [5.74, 6) is -0.384. The Morgan fingerprint density at radius 3 is 2.72 bits per heavy atom. The Labute approximate surface area is 225 Å². The number of methoxy groups -OCH3 is 1. The van der Waals surface area contributed by atoms with Crippen molar-refractivity contribution in [1.29, 1.82) is 5.26 Å². The maximum absolute atomic E-state index is 12.5. The molecule has 0 aromatic heterocycles. The largest absolute Gasteiger partial charge is 0.506 e. The first-order chi connectivity index (χ1) is 18.6. The number of hydrogen-bond donors (Lipinski definition) is 3. The summed E-state index contributed by atoms with van der Waals surface area (Å²) < 4.78 is 16.6. The third kappa shape index (κ3) is 8.32. The molecule has 210 valence electrons. The lowest BCUT2D eigenvalue weighted by Gasteiger charge is -2.19. The topological polar surface area (TPSA) is 193 Å². The predicted octanol–water partition coefficient (Wildman–Crippen LogP) is 2.21. The van der Waals surface area contributed by atoms with Crippen LogP contribution in [0.3, 0.4) is 0 Å². The van der Waals surface area contributed by atoms with Crippen molar-refractivity contribution >= 4 is 29.6 Å². The molecule has 2 aliphatic heterocycles. The van der Waals surface area contributed by atoms with Gasteiger partial charge in [0.05, 0.1) is 54.2 Å². The Kier molecular flexibility index (Phi) is 11.5. The SMILES string of the molecule is CCc1ccc([N+](=O)[O-])c(C(C)OC(=O)N[C@@H]2CC(=[N+]3C=C(C)C(=O)NC3=O)O[C@@H]2CO)c1.COCCC#N. The van der Waals surface area contributed by atoms with Gasteiger partial charge in [0, 0.05) is 13.2 Å². The summed E-state index contributed by atoms with van der Waals surface area (Å²) in [5.41, 5.74) is 1.25. The van der Waals surface area contributed by atoms with Crippen LogP contribution in [0.15, 0.2) is 30.0 Å². The fraction of sp³-hybridized carbons (Fsp3) is 0.480. The number of carbonyl (C=O) groups excluding carboxylic acids is 3. The van der Waals surface area contributed by atoms with Gasteiger partial charge in [0.15, 0.2) is 0 Å². The van der Waals surface area contributed by atoms with Crippen molar-refractivity contribution in [2.24, 2.45) is 0 Å². The van der Waals surface area contributed by atoms with Gasteiger partial charge in [-0.1, -0.05) is 13.0 Å². The maximum Gasteiger partial charge on any atom is 0.506 e. The summed E-state index contributed by atoms with van der Waals surface area (Å²) in [6, 6.07) is 5.15. The second-order valence-corrected chi connectivity index (χ2v) is 8.58. The number of aliphatic hydroxyl groups excluding tert-OH is 1. The number of hydrogen-bond acceptors (Lipinski definition) is 10. The van der Waals surface area contributed by atoms with Crippen molar-refractivity contribution in [1.82, 2.24) is 10.6 Å². The molecule has 3 rings (SSSR count). The Morgan fingerprint density at radius 2 is 2.15 bits per heavy atom. The molecule has 2 aliphatic rings. The number of ether oxygens (including phenoxy) is 3. The molecule has 1 fully saturated rings. The van der Waals surface area contributed by atoms with Crippen molar-refractivity contribution in [2.75, 3.05) is 20.3 Å². The molecule has 3 N–H and O–H groups in total. The number of aliphatic hydroxyl groups is 1. The molecule has 0 aliphatic carbocycles. The van der Waals surface area contributed by atoms with Crippen LogP contribution in [0.5, 0.6) is 0 Å². The van der Waals surface area contributed by atoms with E-state index in [1.54, 1.807) is 19.2 Å². The minimum atomic E-state index is -0.917. The Hall–Kier alpha value is -4.35. The quantitative estimate of drug-likeness (QED) is 0.188. The van der Waals surface area contributed by atoms with Crippen molar-refractivity contribution in [3.63, 3.8) is 0 Å². The zero-order valence-corrected chi connectivity index (χ0v) is 22.1. The summed E-state index contributed by atoms with van der Waals surface area (Å²) in [6.45, 7) is 5.05. The highest BCUT2D eigenvalue weighted by Gasteiger charge is 2.41. The summed E-state index contributed by atoms with van der Waals surface area (Å²) >= 11 is 0.